The lowest BCUT2D eigenvalue weighted by Gasteiger charge is -2.12. The molecule has 1 amide bonds. The van der Waals surface area contributed by atoms with Gasteiger partial charge in [-0.2, -0.15) is 5.26 Å². The van der Waals surface area contributed by atoms with Crippen LogP contribution in [0.3, 0.4) is 0 Å². The zero-order valence-corrected chi connectivity index (χ0v) is 16.6. The number of para-hydroxylation sites is 1. The van der Waals surface area contributed by atoms with Crippen molar-refractivity contribution in [2.24, 2.45) is 0 Å². The van der Waals surface area contributed by atoms with Crippen LogP contribution >= 0.6 is 11.8 Å². The average Bonchev–Trinajstić information content (AvgIpc) is 2.68. The maximum Gasteiger partial charge on any atom is 0.331 e. The Labute approximate surface area is 168 Å². The highest BCUT2D eigenvalue weighted by Crippen LogP contribution is 2.27. The number of hydrogen-bond donors (Lipinski definition) is 1. The maximum absolute atomic E-state index is 12.1. The van der Waals surface area contributed by atoms with E-state index < -0.39 is 18.5 Å². The molecule has 0 saturated carbocycles. The van der Waals surface area contributed by atoms with Crippen LogP contribution in [-0.4, -0.2) is 25.6 Å². The predicted octanol–water partition coefficient (Wildman–Crippen LogP) is 4.08. The number of esters is 1. The van der Waals surface area contributed by atoms with Crippen LogP contribution in [0.15, 0.2) is 47.4 Å². The van der Waals surface area contributed by atoms with Gasteiger partial charge in [-0.3, -0.25) is 4.79 Å². The topological polar surface area (TPSA) is 88.4 Å². The summed E-state index contributed by atoms with van der Waals surface area (Å²) in [6, 6.07) is 10.9. The van der Waals surface area contributed by atoms with E-state index in [2.05, 4.69) is 5.32 Å². The normalized spacial score (nSPS) is 10.4. The van der Waals surface area contributed by atoms with Gasteiger partial charge in [-0.15, -0.1) is 0 Å². The van der Waals surface area contributed by atoms with Crippen molar-refractivity contribution < 1.29 is 19.1 Å². The lowest BCUT2D eigenvalue weighted by molar-refractivity contribution is -0.142. The van der Waals surface area contributed by atoms with Gasteiger partial charge in [0.2, 0.25) is 0 Å². The molecule has 0 saturated heterocycles. The number of anilines is 1. The highest BCUT2D eigenvalue weighted by atomic mass is 32.2. The Hall–Kier alpha value is -3.24. The summed E-state index contributed by atoms with van der Waals surface area (Å²) in [6.45, 7) is 3.28. The summed E-state index contributed by atoms with van der Waals surface area (Å²) in [5.74, 6) is -0.436. The Morgan fingerprint density at radius 3 is 2.54 bits per heavy atom. The first-order valence-electron chi connectivity index (χ1n) is 8.39. The zero-order valence-electron chi connectivity index (χ0n) is 15.8. The Balaban J connectivity index is 1.93. The van der Waals surface area contributed by atoms with Gasteiger partial charge in [0, 0.05) is 22.2 Å². The summed E-state index contributed by atoms with van der Waals surface area (Å²) in [4.78, 5) is 24.8. The number of amides is 1. The summed E-state index contributed by atoms with van der Waals surface area (Å²) in [6.07, 6.45) is 2.81. The predicted molar refractivity (Wildman–Crippen MR) is 109 cm³/mol. The first kappa shape index (κ1) is 21.1. The van der Waals surface area contributed by atoms with Gasteiger partial charge in [0.1, 0.15) is 11.2 Å². The number of thioether (sulfide) groups is 1. The fraction of sp³-hybridized carbons (Fsp3) is 0.190. The molecule has 6 nitrogen and oxygen atoms in total. The van der Waals surface area contributed by atoms with Crippen molar-refractivity contribution in [2.45, 2.75) is 18.7 Å². The van der Waals surface area contributed by atoms with Crippen molar-refractivity contribution in [1.82, 2.24) is 0 Å². The smallest absolute Gasteiger partial charge is 0.331 e. The number of nitrogens with one attached hydrogen (secondary N) is 1. The molecule has 0 aliphatic carbocycles. The van der Waals surface area contributed by atoms with Gasteiger partial charge in [-0.1, -0.05) is 18.2 Å². The number of benzene rings is 2. The lowest BCUT2D eigenvalue weighted by Crippen LogP contribution is -2.21. The second-order valence-electron chi connectivity index (χ2n) is 5.86. The highest BCUT2D eigenvalue weighted by Gasteiger charge is 2.11. The largest absolute Gasteiger partial charge is 0.496 e. The molecule has 144 valence electrons. The number of methoxy groups -OCH3 is 1. The van der Waals surface area contributed by atoms with Gasteiger partial charge in [0.25, 0.3) is 5.91 Å². The van der Waals surface area contributed by atoms with Crippen LogP contribution in [-0.2, 0) is 14.3 Å². The zero-order chi connectivity index (χ0) is 20.5. The van der Waals surface area contributed by atoms with Crippen LogP contribution < -0.4 is 10.1 Å². The first-order chi connectivity index (χ1) is 13.4. The molecule has 7 heteroatoms. The van der Waals surface area contributed by atoms with Crippen molar-refractivity contribution in [1.29, 1.82) is 5.26 Å². The summed E-state index contributed by atoms with van der Waals surface area (Å²) < 4.78 is 10.2. The molecule has 0 unspecified atom stereocenters. The molecular weight excluding hydrogens is 376 g/mol. The minimum absolute atomic E-state index is 0.400. The fourth-order valence-electron chi connectivity index (χ4n) is 2.55. The van der Waals surface area contributed by atoms with E-state index >= 15 is 0 Å². The van der Waals surface area contributed by atoms with Crippen molar-refractivity contribution in [3.05, 3.63) is 59.2 Å². The number of carbonyl (C=O) groups is 2. The Kier molecular flexibility index (Phi) is 7.66. The molecule has 0 fully saturated rings. The minimum atomic E-state index is -0.629. The molecule has 0 aliphatic rings. The maximum atomic E-state index is 12.1. The van der Waals surface area contributed by atoms with Crippen LogP contribution in [0.4, 0.5) is 5.69 Å². The van der Waals surface area contributed by atoms with Gasteiger partial charge < -0.3 is 14.8 Å². The van der Waals surface area contributed by atoms with E-state index in [0.717, 1.165) is 33.3 Å². The number of carbonyl (C=O) groups excluding carboxylic acids is 2. The van der Waals surface area contributed by atoms with E-state index in [-0.39, 0.29) is 0 Å². The summed E-state index contributed by atoms with van der Waals surface area (Å²) in [7, 11) is 1.55. The van der Waals surface area contributed by atoms with Crippen molar-refractivity contribution in [3.8, 4) is 11.2 Å². The fourth-order valence-corrected chi connectivity index (χ4v) is 3.13. The summed E-state index contributed by atoms with van der Waals surface area (Å²) in [5, 5.41) is 13.5. The Morgan fingerprint density at radius 2 is 1.89 bits per heavy atom. The molecule has 0 heterocycles. The molecule has 0 spiro atoms. The van der Waals surface area contributed by atoms with Gasteiger partial charge in [0.05, 0.1) is 7.11 Å². The van der Waals surface area contributed by atoms with Crippen molar-refractivity contribution in [2.75, 3.05) is 19.0 Å². The molecule has 2 aromatic carbocycles. The van der Waals surface area contributed by atoms with E-state index in [4.69, 9.17) is 14.7 Å². The number of hydrogen-bond acceptors (Lipinski definition) is 6. The minimum Gasteiger partial charge on any atom is -0.496 e. The van der Waals surface area contributed by atoms with Gasteiger partial charge in [-0.05, 0) is 61.0 Å². The molecule has 0 atom stereocenters. The molecule has 28 heavy (non-hydrogen) atoms. The Bertz CT molecular complexity index is 925. The van der Waals surface area contributed by atoms with Crippen molar-refractivity contribution >= 4 is 35.4 Å². The molecule has 2 rings (SSSR count). The second kappa shape index (κ2) is 10.2. The number of nitrogens with zero attached hydrogens (tertiary/aromatic N) is 1. The summed E-state index contributed by atoms with van der Waals surface area (Å²) >= 11 is 1.06. The molecule has 0 bridgehead atoms. The van der Waals surface area contributed by atoms with Crippen LogP contribution in [0.5, 0.6) is 5.75 Å². The standard InChI is InChI=1S/C21H20N2O4S/c1-14-10-17(28-13-22)11-15(2)21(14)23-19(24)12-27-20(25)9-8-16-6-4-5-7-18(16)26-3/h4-11H,12H2,1-3H3,(H,23,24)/b9-8+. The third-order valence-electron chi connectivity index (χ3n) is 3.82. The average molecular weight is 396 g/mol. The lowest BCUT2D eigenvalue weighted by atomic mass is 10.1. The number of ether oxygens (including phenoxy) is 2. The van der Waals surface area contributed by atoms with Crippen LogP contribution in [0, 0.1) is 24.5 Å². The van der Waals surface area contributed by atoms with E-state index in [1.165, 1.54) is 6.08 Å². The van der Waals surface area contributed by atoms with E-state index in [0.29, 0.717) is 11.4 Å². The second-order valence-corrected chi connectivity index (χ2v) is 6.71. The molecular formula is C21H20N2O4S. The molecule has 0 radical (unpaired) electrons. The number of rotatable bonds is 7. The third-order valence-corrected chi connectivity index (χ3v) is 4.38. The van der Waals surface area contributed by atoms with Gasteiger partial charge in [-0.25, -0.2) is 4.79 Å². The van der Waals surface area contributed by atoms with Crippen LogP contribution in [0.25, 0.3) is 6.08 Å². The highest BCUT2D eigenvalue weighted by molar-refractivity contribution is 8.03. The first-order valence-corrected chi connectivity index (χ1v) is 9.21. The SMILES string of the molecule is COc1ccccc1/C=C/C(=O)OCC(=O)Nc1c(C)cc(SC#N)cc1C. The number of thiocyanates is 1. The van der Waals surface area contributed by atoms with Gasteiger partial charge >= 0.3 is 5.97 Å². The number of nitriles is 1. The van der Waals surface area contributed by atoms with E-state index in [9.17, 15) is 9.59 Å². The Morgan fingerprint density at radius 1 is 1.21 bits per heavy atom. The molecule has 0 aliphatic heterocycles. The number of aryl methyl sites for hydroxylation is 2. The molecule has 0 aromatic heterocycles. The van der Waals surface area contributed by atoms with E-state index in [1.54, 1.807) is 25.3 Å². The van der Waals surface area contributed by atoms with Crippen LogP contribution in [0.1, 0.15) is 16.7 Å². The molecule has 1 N–H and O–H groups in total. The van der Waals surface area contributed by atoms with Gasteiger partial charge in [0.15, 0.2) is 6.61 Å². The van der Waals surface area contributed by atoms with Crippen molar-refractivity contribution in [3.63, 3.8) is 0 Å². The monoisotopic (exact) mass is 396 g/mol. The summed E-state index contributed by atoms with van der Waals surface area (Å²) in [5.41, 5.74) is 3.03. The van der Waals surface area contributed by atoms with E-state index in [1.807, 2.05) is 43.5 Å². The molecule has 2 aromatic rings. The van der Waals surface area contributed by atoms with Crippen LogP contribution in [0.2, 0.25) is 0 Å². The quantitative estimate of drug-likeness (QED) is 0.328. The third kappa shape index (κ3) is 5.89.